The van der Waals surface area contributed by atoms with E-state index in [-0.39, 0.29) is 0 Å². The van der Waals surface area contributed by atoms with Crippen molar-refractivity contribution in [1.29, 1.82) is 0 Å². The van der Waals surface area contributed by atoms with E-state index in [9.17, 15) is 22.4 Å². The number of nitrogens with one attached hydrogen (secondary N) is 1. The zero-order valence-electron chi connectivity index (χ0n) is 11.5. The van der Waals surface area contributed by atoms with Crippen molar-refractivity contribution in [2.75, 3.05) is 0 Å². The van der Waals surface area contributed by atoms with Crippen LogP contribution in [0.5, 0.6) is 0 Å². The molecule has 22 heavy (non-hydrogen) atoms. The average molecular weight is 312 g/mol. The summed E-state index contributed by atoms with van der Waals surface area (Å²) in [5, 5.41) is 1.67. The Hall–Kier alpha value is -2.44. The van der Waals surface area contributed by atoms with Gasteiger partial charge in [0.2, 0.25) is 0 Å². The summed E-state index contributed by atoms with van der Waals surface area (Å²) in [6.07, 6.45) is -3.36. The number of nitrogens with zero attached hydrogens (tertiary/aromatic N) is 1. The molecule has 1 N–H and O–H groups in total. The fourth-order valence-corrected chi connectivity index (χ4v) is 1.74. The number of halogens is 4. The minimum Gasteiger partial charge on any atom is -0.339 e. The number of carbonyl (C=O) groups excluding carboxylic acids is 1. The summed E-state index contributed by atoms with van der Waals surface area (Å²) in [6.45, 7) is 0.772. The number of hydrogen-bond acceptors (Lipinski definition) is 2. The van der Waals surface area contributed by atoms with Crippen LogP contribution in [-0.2, 0) is 0 Å². The minimum atomic E-state index is -4.60. The molecule has 1 amide bonds. The lowest BCUT2D eigenvalue weighted by molar-refractivity contribution is -0.149. The Kier molecular flexibility index (Phi) is 4.44. The smallest absolute Gasteiger partial charge is 0.339 e. The fourth-order valence-electron chi connectivity index (χ4n) is 1.74. The number of benzene rings is 1. The highest BCUT2D eigenvalue weighted by molar-refractivity contribution is 5.93. The van der Waals surface area contributed by atoms with Crippen LogP contribution >= 0.6 is 0 Å². The highest BCUT2D eigenvalue weighted by Crippen LogP contribution is 2.22. The van der Waals surface area contributed by atoms with E-state index in [4.69, 9.17) is 0 Å². The van der Waals surface area contributed by atoms with E-state index in [0.717, 1.165) is 13.0 Å². The number of carbonyl (C=O) groups is 1. The van der Waals surface area contributed by atoms with Crippen LogP contribution in [0.15, 0.2) is 42.6 Å². The molecule has 0 radical (unpaired) electrons. The third-order valence-electron chi connectivity index (χ3n) is 3.00. The molecule has 0 fully saturated rings. The van der Waals surface area contributed by atoms with Crippen molar-refractivity contribution in [3.63, 3.8) is 0 Å². The van der Waals surface area contributed by atoms with E-state index < -0.39 is 29.6 Å². The minimum absolute atomic E-state index is 0.429. The molecular formula is C15H12F4N2O. The van der Waals surface area contributed by atoms with Gasteiger partial charge in [-0.15, -0.1) is 0 Å². The Morgan fingerprint density at radius 2 is 1.82 bits per heavy atom. The molecular weight excluding hydrogens is 300 g/mol. The maximum Gasteiger partial charge on any atom is 0.408 e. The molecule has 0 aliphatic rings. The first-order chi connectivity index (χ1) is 10.3. The van der Waals surface area contributed by atoms with Crippen LogP contribution in [0, 0.1) is 5.82 Å². The van der Waals surface area contributed by atoms with Crippen molar-refractivity contribution in [3.05, 3.63) is 54.1 Å². The molecule has 116 valence electrons. The first-order valence-electron chi connectivity index (χ1n) is 6.37. The molecule has 1 atom stereocenters. The van der Waals surface area contributed by atoms with E-state index in [2.05, 4.69) is 4.98 Å². The lowest BCUT2D eigenvalue weighted by Crippen LogP contribution is -2.43. The molecule has 0 bridgehead atoms. The molecule has 3 nitrogen and oxygen atoms in total. The van der Waals surface area contributed by atoms with Crippen molar-refractivity contribution in [3.8, 4) is 11.1 Å². The molecule has 0 saturated carbocycles. The predicted molar refractivity (Wildman–Crippen MR) is 72.6 cm³/mol. The van der Waals surface area contributed by atoms with Crippen LogP contribution in [0.25, 0.3) is 11.1 Å². The molecule has 2 rings (SSSR count). The second kappa shape index (κ2) is 6.13. The summed E-state index contributed by atoms with van der Waals surface area (Å²) in [7, 11) is 0. The molecule has 1 aromatic carbocycles. The number of aromatic nitrogens is 1. The van der Waals surface area contributed by atoms with Crippen molar-refractivity contribution < 1.29 is 22.4 Å². The first kappa shape index (κ1) is 15.9. The normalized spacial score (nSPS) is 12.8. The Labute approximate surface area is 124 Å². The molecule has 0 spiro atoms. The maximum atomic E-state index is 13.9. The summed E-state index contributed by atoms with van der Waals surface area (Å²) in [4.78, 5) is 15.3. The van der Waals surface area contributed by atoms with Crippen LogP contribution < -0.4 is 5.32 Å². The van der Waals surface area contributed by atoms with Crippen molar-refractivity contribution in [2.24, 2.45) is 0 Å². The van der Waals surface area contributed by atoms with Crippen molar-refractivity contribution >= 4 is 5.91 Å². The Morgan fingerprint density at radius 3 is 2.36 bits per heavy atom. The van der Waals surface area contributed by atoms with Gasteiger partial charge in [-0.25, -0.2) is 9.37 Å². The molecule has 1 heterocycles. The van der Waals surface area contributed by atoms with Crippen molar-refractivity contribution in [1.82, 2.24) is 10.3 Å². The van der Waals surface area contributed by atoms with Gasteiger partial charge in [-0.2, -0.15) is 13.2 Å². The second-order valence-electron chi connectivity index (χ2n) is 4.66. The standard InChI is InChI=1S/C15H12F4N2O/c1-9(15(17,18)19)21-14(22)13-12(16)7-11(8-20-13)10-5-3-2-4-6-10/h2-9H,1H3,(H,21,22). The molecule has 0 aliphatic heterocycles. The number of rotatable bonds is 3. The summed E-state index contributed by atoms with van der Waals surface area (Å²) < 4.78 is 51.1. The first-order valence-corrected chi connectivity index (χ1v) is 6.37. The third kappa shape index (κ3) is 3.60. The summed E-state index contributed by atoms with van der Waals surface area (Å²) >= 11 is 0. The number of pyridine rings is 1. The van der Waals surface area contributed by atoms with Crippen molar-refractivity contribution in [2.45, 2.75) is 19.1 Å². The van der Waals surface area contributed by atoms with Crippen LogP contribution in [0.4, 0.5) is 17.6 Å². The number of alkyl halides is 3. The average Bonchev–Trinajstić information content (AvgIpc) is 2.46. The van der Waals surface area contributed by atoms with Gasteiger partial charge in [0.15, 0.2) is 11.5 Å². The van der Waals surface area contributed by atoms with Crippen LogP contribution in [-0.4, -0.2) is 23.1 Å². The van der Waals surface area contributed by atoms with E-state index in [0.29, 0.717) is 11.1 Å². The second-order valence-corrected chi connectivity index (χ2v) is 4.66. The van der Waals surface area contributed by atoms with Crippen LogP contribution in [0.3, 0.4) is 0 Å². The SMILES string of the molecule is CC(NC(=O)c1ncc(-c2ccccc2)cc1F)C(F)(F)F. The van der Waals surface area contributed by atoms with Gasteiger partial charge < -0.3 is 5.32 Å². The Balaban J connectivity index is 2.22. The molecule has 7 heteroatoms. The monoisotopic (exact) mass is 312 g/mol. The van der Waals surface area contributed by atoms with E-state index in [1.807, 2.05) is 0 Å². The fraction of sp³-hybridized carbons (Fsp3) is 0.200. The highest BCUT2D eigenvalue weighted by Gasteiger charge is 2.37. The molecule has 1 aromatic heterocycles. The van der Waals surface area contributed by atoms with Gasteiger partial charge in [-0.05, 0) is 18.6 Å². The van der Waals surface area contributed by atoms with Gasteiger partial charge in [-0.1, -0.05) is 30.3 Å². The zero-order valence-corrected chi connectivity index (χ0v) is 11.5. The lowest BCUT2D eigenvalue weighted by Gasteiger charge is -2.17. The summed E-state index contributed by atoms with van der Waals surface area (Å²) in [6, 6.07) is 7.71. The highest BCUT2D eigenvalue weighted by atomic mass is 19.4. The molecule has 0 aliphatic carbocycles. The van der Waals surface area contributed by atoms with Gasteiger partial charge in [0.1, 0.15) is 6.04 Å². The lowest BCUT2D eigenvalue weighted by atomic mass is 10.1. The topological polar surface area (TPSA) is 42.0 Å². The van der Waals surface area contributed by atoms with Crippen LogP contribution in [0.1, 0.15) is 17.4 Å². The third-order valence-corrected chi connectivity index (χ3v) is 3.00. The maximum absolute atomic E-state index is 13.9. The largest absolute Gasteiger partial charge is 0.408 e. The Bertz CT molecular complexity index is 671. The van der Waals surface area contributed by atoms with Gasteiger partial charge >= 0.3 is 6.18 Å². The number of amides is 1. The predicted octanol–water partition coefficient (Wildman–Crippen LogP) is 3.57. The van der Waals surface area contributed by atoms with Gasteiger partial charge in [0.25, 0.3) is 5.91 Å². The van der Waals surface area contributed by atoms with E-state index >= 15 is 0 Å². The molecule has 0 saturated heterocycles. The van der Waals surface area contributed by atoms with Gasteiger partial charge in [-0.3, -0.25) is 4.79 Å². The number of hydrogen-bond donors (Lipinski definition) is 1. The van der Waals surface area contributed by atoms with Gasteiger partial charge in [0.05, 0.1) is 0 Å². The van der Waals surface area contributed by atoms with E-state index in [1.54, 1.807) is 35.6 Å². The quantitative estimate of drug-likeness (QED) is 0.880. The summed E-state index contributed by atoms with van der Waals surface area (Å²) in [5.41, 5.74) is 0.443. The summed E-state index contributed by atoms with van der Waals surface area (Å²) in [5.74, 6) is -2.19. The molecule has 2 aromatic rings. The molecule has 1 unspecified atom stereocenters. The van der Waals surface area contributed by atoms with Crippen LogP contribution in [0.2, 0.25) is 0 Å². The Morgan fingerprint density at radius 1 is 1.18 bits per heavy atom. The van der Waals surface area contributed by atoms with Gasteiger partial charge in [0, 0.05) is 11.8 Å². The van der Waals surface area contributed by atoms with E-state index in [1.165, 1.54) is 6.20 Å². The zero-order chi connectivity index (χ0) is 16.3.